The summed E-state index contributed by atoms with van der Waals surface area (Å²) in [5.74, 6) is 1.59. The van der Waals surface area contributed by atoms with E-state index in [-0.39, 0.29) is 47.2 Å². The second kappa shape index (κ2) is 14.7. The smallest absolute Gasteiger partial charge is 0.257 e. The van der Waals surface area contributed by atoms with Gasteiger partial charge >= 0.3 is 0 Å². The molecule has 11 nitrogen and oxygen atoms in total. The van der Waals surface area contributed by atoms with E-state index < -0.39 is 5.82 Å². The van der Waals surface area contributed by atoms with Gasteiger partial charge in [-0.2, -0.15) is 0 Å². The summed E-state index contributed by atoms with van der Waals surface area (Å²) in [5.41, 5.74) is 8.68. The number of anilines is 1. The third-order valence-electron chi connectivity index (χ3n) is 10.3. The van der Waals surface area contributed by atoms with Crippen molar-refractivity contribution in [1.29, 1.82) is 0 Å². The quantitative estimate of drug-likeness (QED) is 0.290. The molecule has 1 aromatic carbocycles. The van der Waals surface area contributed by atoms with E-state index in [1.165, 1.54) is 30.1 Å². The molecule has 0 bridgehead atoms. The summed E-state index contributed by atoms with van der Waals surface area (Å²) < 4.78 is 27.2. The molecule has 2 saturated heterocycles. The minimum absolute atomic E-state index is 0. The van der Waals surface area contributed by atoms with Crippen LogP contribution in [0.5, 0.6) is 17.2 Å². The van der Waals surface area contributed by atoms with E-state index in [1.807, 2.05) is 33.0 Å². The molecular formula is C36H48ClFN8O3. The number of benzene rings is 1. The zero-order valence-corrected chi connectivity index (χ0v) is 29.5. The summed E-state index contributed by atoms with van der Waals surface area (Å²) in [5, 5.41) is 0. The highest BCUT2D eigenvalue weighted by Gasteiger charge is 2.54. The summed E-state index contributed by atoms with van der Waals surface area (Å²) in [7, 11) is 0. The molecule has 1 aliphatic carbocycles. The van der Waals surface area contributed by atoms with Crippen LogP contribution in [-0.4, -0.2) is 106 Å². The number of halogens is 2. The molecule has 2 aromatic heterocycles. The number of hydrogen-bond acceptors (Lipinski definition) is 10. The van der Waals surface area contributed by atoms with Crippen molar-refractivity contribution in [2.75, 3.05) is 57.3 Å². The molecule has 264 valence electrons. The van der Waals surface area contributed by atoms with Crippen LogP contribution in [-0.2, 0) is 13.0 Å². The van der Waals surface area contributed by atoms with Crippen molar-refractivity contribution in [2.45, 2.75) is 71.2 Å². The molecule has 3 aliphatic heterocycles. The highest BCUT2D eigenvalue weighted by Crippen LogP contribution is 2.52. The van der Waals surface area contributed by atoms with Crippen LogP contribution in [0.4, 0.5) is 10.2 Å². The third kappa shape index (κ3) is 7.47. The molecule has 5 heterocycles. The first-order valence-electron chi connectivity index (χ1n) is 17.4. The number of likely N-dealkylation sites (tertiary alicyclic amines) is 1. The van der Waals surface area contributed by atoms with E-state index in [2.05, 4.69) is 29.7 Å². The maximum Gasteiger partial charge on any atom is 0.257 e. The first kappa shape index (κ1) is 35.3. The predicted molar refractivity (Wildman–Crippen MR) is 188 cm³/mol. The Morgan fingerprint density at radius 1 is 1.10 bits per heavy atom. The van der Waals surface area contributed by atoms with Crippen molar-refractivity contribution in [3.8, 4) is 17.2 Å². The highest BCUT2D eigenvalue weighted by atomic mass is 35.5. The Morgan fingerprint density at radius 2 is 1.88 bits per heavy atom. The fourth-order valence-corrected chi connectivity index (χ4v) is 7.81. The van der Waals surface area contributed by atoms with Crippen LogP contribution in [0.1, 0.15) is 61.6 Å². The van der Waals surface area contributed by atoms with E-state index in [9.17, 15) is 9.18 Å². The number of hydrogen-bond donors (Lipinski definition) is 1. The lowest BCUT2D eigenvalue weighted by Gasteiger charge is -2.59. The molecular weight excluding hydrogens is 647 g/mol. The molecule has 3 fully saturated rings. The van der Waals surface area contributed by atoms with Crippen molar-refractivity contribution in [3.63, 3.8) is 0 Å². The van der Waals surface area contributed by atoms with Crippen LogP contribution >= 0.6 is 12.4 Å². The van der Waals surface area contributed by atoms with Gasteiger partial charge in [-0.25, -0.2) is 14.4 Å². The van der Waals surface area contributed by atoms with Gasteiger partial charge in [0.2, 0.25) is 0 Å². The van der Waals surface area contributed by atoms with Gasteiger partial charge in [-0.1, -0.05) is 0 Å². The first-order chi connectivity index (χ1) is 23.2. The number of carbonyl (C=O) groups is 1. The minimum atomic E-state index is -0.491. The van der Waals surface area contributed by atoms with E-state index in [4.69, 9.17) is 15.2 Å². The highest BCUT2D eigenvalue weighted by molar-refractivity contribution is 5.97. The summed E-state index contributed by atoms with van der Waals surface area (Å²) in [6.45, 7) is 14.1. The standard InChI is InChI=1S/C36H47FN8O3.ClH/c1-4-45(24(2)3)35(46)28-14-25(37)6-7-31(28)48-33-17-39-23-41-34(33)44-21-36(22-44)15-27(16-36)47-32-8-10-40-30-9-13-42(20-29(30)32)11-5-12-43-18-26(38)19-43;/h6-8,10,14,17,23-24,26-27H,4-5,9,11-13,15-16,18-22,38H2,1-3H3;1H. The Labute approximate surface area is 294 Å². The topological polar surface area (TPSA) is 113 Å². The molecule has 4 aliphatic rings. The normalized spacial score (nSPS) is 19.0. The second-order valence-corrected chi connectivity index (χ2v) is 14.3. The first-order valence-corrected chi connectivity index (χ1v) is 17.4. The zero-order chi connectivity index (χ0) is 33.4. The van der Waals surface area contributed by atoms with Gasteiger partial charge in [0.05, 0.1) is 11.8 Å². The Morgan fingerprint density at radius 3 is 2.61 bits per heavy atom. The molecule has 1 amide bonds. The Hall–Kier alpha value is -3.58. The lowest BCUT2D eigenvalue weighted by Crippen LogP contribution is -2.65. The fraction of sp³-hybridized carbons (Fsp3) is 0.556. The molecule has 2 N–H and O–H groups in total. The average Bonchev–Trinajstić information content (AvgIpc) is 3.02. The number of pyridine rings is 1. The molecule has 49 heavy (non-hydrogen) atoms. The molecule has 3 aromatic rings. The van der Waals surface area contributed by atoms with E-state index in [1.54, 1.807) is 11.1 Å². The van der Waals surface area contributed by atoms with Gasteiger partial charge < -0.3 is 29.9 Å². The van der Waals surface area contributed by atoms with E-state index in [0.29, 0.717) is 24.2 Å². The summed E-state index contributed by atoms with van der Waals surface area (Å²) in [6.07, 6.45) is 9.22. The van der Waals surface area contributed by atoms with E-state index in [0.717, 1.165) is 89.5 Å². The van der Waals surface area contributed by atoms with Crippen molar-refractivity contribution in [2.24, 2.45) is 11.1 Å². The average molecular weight is 695 g/mol. The third-order valence-corrected chi connectivity index (χ3v) is 10.3. The number of nitrogens with zero attached hydrogens (tertiary/aromatic N) is 7. The molecule has 0 radical (unpaired) electrons. The Balaban J connectivity index is 0.00000417. The van der Waals surface area contributed by atoms with Crippen molar-refractivity contribution in [3.05, 3.63) is 65.6 Å². The van der Waals surface area contributed by atoms with Gasteiger partial charge in [0.15, 0.2) is 11.6 Å². The summed E-state index contributed by atoms with van der Waals surface area (Å²) in [4.78, 5) is 35.6. The molecule has 13 heteroatoms. The molecule has 7 rings (SSSR count). The van der Waals surface area contributed by atoms with Crippen LogP contribution in [0.2, 0.25) is 0 Å². The van der Waals surface area contributed by atoms with Crippen LogP contribution < -0.4 is 20.1 Å². The minimum Gasteiger partial charge on any atom is -0.490 e. The monoisotopic (exact) mass is 694 g/mol. The summed E-state index contributed by atoms with van der Waals surface area (Å²) >= 11 is 0. The van der Waals surface area contributed by atoms with Crippen LogP contribution in [0, 0.1) is 11.2 Å². The van der Waals surface area contributed by atoms with Crippen LogP contribution in [0.3, 0.4) is 0 Å². The number of aromatic nitrogens is 3. The molecule has 0 unspecified atom stereocenters. The SMILES string of the molecule is CCN(C(=O)c1cc(F)ccc1Oc1cncnc1N1CC2(CC(Oc3ccnc4c3CN(CCCN3CC(N)C3)CC4)C2)C1)C(C)C.Cl. The molecule has 0 atom stereocenters. The van der Waals surface area contributed by atoms with E-state index >= 15 is 0 Å². The number of fused-ring (bicyclic) bond motifs is 1. The number of amides is 1. The van der Waals surface area contributed by atoms with Gasteiger partial charge in [-0.15, -0.1) is 12.4 Å². The predicted octanol–water partition coefficient (Wildman–Crippen LogP) is 4.53. The van der Waals surface area contributed by atoms with Crippen molar-refractivity contribution < 1.29 is 18.7 Å². The second-order valence-electron chi connectivity index (χ2n) is 14.3. The Kier molecular flexibility index (Phi) is 10.6. The molecule has 1 saturated carbocycles. The van der Waals surface area contributed by atoms with Crippen molar-refractivity contribution in [1.82, 2.24) is 29.7 Å². The van der Waals surface area contributed by atoms with Gasteiger partial charge in [0.1, 0.15) is 29.7 Å². The number of nitrogens with two attached hydrogens (primary N) is 1. The van der Waals surface area contributed by atoms with Gasteiger partial charge in [0.25, 0.3) is 5.91 Å². The largest absolute Gasteiger partial charge is 0.490 e. The lowest BCUT2D eigenvalue weighted by molar-refractivity contribution is -0.0352. The number of rotatable bonds is 12. The van der Waals surface area contributed by atoms with Crippen LogP contribution in [0.25, 0.3) is 0 Å². The Bertz CT molecular complexity index is 1630. The maximum absolute atomic E-state index is 14.3. The van der Waals surface area contributed by atoms with Gasteiger partial charge in [-0.3, -0.25) is 14.7 Å². The number of carbonyl (C=O) groups excluding carboxylic acids is 1. The van der Waals surface area contributed by atoms with Gasteiger partial charge in [-0.05, 0) is 77.4 Å². The zero-order valence-electron chi connectivity index (χ0n) is 28.7. The fourth-order valence-electron chi connectivity index (χ4n) is 7.81. The van der Waals surface area contributed by atoms with Crippen molar-refractivity contribution >= 4 is 24.1 Å². The lowest BCUT2D eigenvalue weighted by atomic mass is 9.61. The summed E-state index contributed by atoms with van der Waals surface area (Å²) in [6, 6.07) is 6.39. The molecule has 1 spiro atoms. The number of ether oxygens (including phenoxy) is 2. The van der Waals surface area contributed by atoms with Crippen LogP contribution in [0.15, 0.2) is 43.0 Å². The van der Waals surface area contributed by atoms with Gasteiger partial charge in [0, 0.05) is 87.2 Å². The maximum atomic E-state index is 14.3.